The second-order valence-electron chi connectivity index (χ2n) is 16.6. The Morgan fingerprint density at radius 1 is 0.364 bits per heavy atom. The van der Waals surface area contributed by atoms with Crippen molar-refractivity contribution in [2.45, 2.75) is 52.4 Å². The molecule has 0 saturated heterocycles. The molecule has 0 radical (unpaired) electrons. The normalized spacial score (nSPS) is 12.2. The van der Waals surface area contributed by atoms with E-state index in [4.69, 9.17) is 15.0 Å². The van der Waals surface area contributed by atoms with Crippen LogP contribution in [0.2, 0.25) is 0 Å². The van der Waals surface area contributed by atoms with E-state index in [0.717, 1.165) is 44.3 Å². The molecule has 4 nitrogen and oxygen atoms in total. The highest BCUT2D eigenvalue weighted by Crippen LogP contribution is 2.42. The molecular weight excluding hydrogens is 669 g/mol. The zero-order chi connectivity index (χ0) is 37.9. The van der Waals surface area contributed by atoms with Gasteiger partial charge in [0.15, 0.2) is 17.5 Å². The lowest BCUT2D eigenvalue weighted by Crippen LogP contribution is -2.10. The molecule has 9 aromatic rings. The van der Waals surface area contributed by atoms with E-state index in [1.54, 1.807) is 0 Å². The number of rotatable bonds is 5. The Labute approximate surface area is 323 Å². The molecule has 0 spiro atoms. The van der Waals surface area contributed by atoms with Gasteiger partial charge in [0.2, 0.25) is 0 Å². The predicted octanol–water partition coefficient (Wildman–Crippen LogP) is 13.4. The second kappa shape index (κ2) is 13.2. The number of benzene rings is 7. The van der Waals surface area contributed by atoms with Gasteiger partial charge in [-0.05, 0) is 74.7 Å². The molecular formula is C51H44N4. The Morgan fingerprint density at radius 2 is 0.800 bits per heavy atom. The molecule has 4 heteroatoms. The number of fused-ring (bicyclic) bond motifs is 4. The van der Waals surface area contributed by atoms with Gasteiger partial charge in [-0.25, -0.2) is 15.0 Å². The number of hydrogen-bond acceptors (Lipinski definition) is 3. The lowest BCUT2D eigenvalue weighted by atomic mass is 9.85. The zero-order valence-corrected chi connectivity index (χ0v) is 32.3. The molecule has 0 aliphatic carbocycles. The Hall–Kier alpha value is -6.39. The van der Waals surface area contributed by atoms with Crippen LogP contribution >= 0.6 is 0 Å². The van der Waals surface area contributed by atoms with Crippen LogP contribution in [0, 0.1) is 0 Å². The van der Waals surface area contributed by atoms with Gasteiger partial charge in [-0.3, -0.25) is 0 Å². The predicted molar refractivity (Wildman–Crippen MR) is 231 cm³/mol. The van der Waals surface area contributed by atoms with Crippen molar-refractivity contribution in [2.75, 3.05) is 0 Å². The summed E-state index contributed by atoms with van der Waals surface area (Å²) in [7, 11) is 0. The van der Waals surface area contributed by atoms with Gasteiger partial charge in [0.25, 0.3) is 0 Å². The van der Waals surface area contributed by atoms with Gasteiger partial charge >= 0.3 is 0 Å². The molecule has 7 aromatic carbocycles. The van der Waals surface area contributed by atoms with Crippen LogP contribution in [0.15, 0.2) is 158 Å². The van der Waals surface area contributed by atoms with Crippen molar-refractivity contribution < 1.29 is 0 Å². The van der Waals surface area contributed by atoms with E-state index in [9.17, 15) is 0 Å². The van der Waals surface area contributed by atoms with Crippen LogP contribution in [0.25, 0.3) is 83.6 Å². The fraction of sp³-hybridized carbons (Fsp3) is 0.157. The standard InChI is InChI=1S/C51H44N4/c1-50(2,3)35-25-29-45-42(31-35)43-32-36(51(4,5)6)26-30-46(43)55(45)44-24-16-15-23-40(44)39-27-28-41(38-22-14-13-21-37(38)39)49-53-47(33-17-9-7-10-18-33)52-48(54-49)34-19-11-8-12-20-34/h7-32H,1-6H3. The first-order valence-electron chi connectivity index (χ1n) is 19.1. The molecule has 2 aromatic heterocycles. The number of aromatic nitrogens is 4. The molecule has 0 saturated carbocycles. The highest BCUT2D eigenvalue weighted by Gasteiger charge is 2.23. The van der Waals surface area contributed by atoms with Crippen molar-refractivity contribution in [3.05, 3.63) is 169 Å². The number of nitrogens with zero attached hydrogens (tertiary/aromatic N) is 4. The average molecular weight is 713 g/mol. The first-order chi connectivity index (χ1) is 26.5. The van der Waals surface area contributed by atoms with E-state index < -0.39 is 0 Å². The Balaban J connectivity index is 1.27. The van der Waals surface area contributed by atoms with Crippen LogP contribution in [-0.2, 0) is 10.8 Å². The minimum Gasteiger partial charge on any atom is -0.309 e. The van der Waals surface area contributed by atoms with Gasteiger partial charge in [-0.2, -0.15) is 0 Å². The Bertz CT molecular complexity index is 2740. The van der Waals surface area contributed by atoms with Crippen molar-refractivity contribution in [3.63, 3.8) is 0 Å². The van der Waals surface area contributed by atoms with Crippen LogP contribution in [0.4, 0.5) is 0 Å². The Morgan fingerprint density at radius 3 is 1.33 bits per heavy atom. The van der Waals surface area contributed by atoms with Gasteiger partial charge < -0.3 is 4.57 Å². The first-order valence-corrected chi connectivity index (χ1v) is 19.1. The molecule has 0 bridgehead atoms. The molecule has 9 rings (SSSR count). The quantitative estimate of drug-likeness (QED) is 0.178. The van der Waals surface area contributed by atoms with E-state index in [1.807, 2.05) is 36.4 Å². The second-order valence-corrected chi connectivity index (χ2v) is 16.6. The van der Waals surface area contributed by atoms with E-state index in [2.05, 4.69) is 167 Å². The maximum Gasteiger partial charge on any atom is 0.164 e. The van der Waals surface area contributed by atoms with E-state index >= 15 is 0 Å². The largest absolute Gasteiger partial charge is 0.309 e. The number of para-hydroxylation sites is 1. The fourth-order valence-electron chi connectivity index (χ4n) is 7.77. The molecule has 0 aliphatic heterocycles. The summed E-state index contributed by atoms with van der Waals surface area (Å²) in [6, 6.07) is 56.3. The van der Waals surface area contributed by atoms with Gasteiger partial charge in [-0.15, -0.1) is 0 Å². The summed E-state index contributed by atoms with van der Waals surface area (Å²) in [4.78, 5) is 15.1. The molecule has 55 heavy (non-hydrogen) atoms. The smallest absolute Gasteiger partial charge is 0.164 e. The van der Waals surface area contributed by atoms with Crippen molar-refractivity contribution >= 4 is 32.6 Å². The lowest BCUT2D eigenvalue weighted by Gasteiger charge is -2.20. The van der Waals surface area contributed by atoms with Crippen LogP contribution in [0.3, 0.4) is 0 Å². The van der Waals surface area contributed by atoms with E-state index in [1.165, 1.54) is 32.9 Å². The van der Waals surface area contributed by atoms with Crippen LogP contribution < -0.4 is 0 Å². The Kier molecular flexibility index (Phi) is 8.24. The topological polar surface area (TPSA) is 43.6 Å². The summed E-state index contributed by atoms with van der Waals surface area (Å²) in [5.41, 5.74) is 11.5. The average Bonchev–Trinajstić information content (AvgIpc) is 3.53. The van der Waals surface area contributed by atoms with E-state index in [-0.39, 0.29) is 10.8 Å². The van der Waals surface area contributed by atoms with Crippen LogP contribution in [0.5, 0.6) is 0 Å². The maximum atomic E-state index is 5.10. The van der Waals surface area contributed by atoms with Crippen molar-refractivity contribution in [1.29, 1.82) is 0 Å². The number of hydrogen-bond donors (Lipinski definition) is 0. The van der Waals surface area contributed by atoms with Crippen LogP contribution in [0.1, 0.15) is 52.7 Å². The molecule has 2 heterocycles. The minimum atomic E-state index is 0.0328. The van der Waals surface area contributed by atoms with E-state index in [0.29, 0.717) is 17.5 Å². The summed E-state index contributed by atoms with van der Waals surface area (Å²) in [6.07, 6.45) is 0. The molecule has 0 unspecified atom stereocenters. The van der Waals surface area contributed by atoms with Gasteiger partial charge in [0.1, 0.15) is 0 Å². The van der Waals surface area contributed by atoms with Crippen LogP contribution in [-0.4, -0.2) is 19.5 Å². The molecule has 0 atom stereocenters. The highest BCUT2D eigenvalue weighted by atomic mass is 15.0. The SMILES string of the molecule is CC(C)(C)c1ccc2c(c1)c1cc(C(C)(C)C)ccc1n2-c1ccccc1-c1ccc(-c2nc(-c3ccccc3)nc(-c3ccccc3)n2)c2ccccc12. The fourth-order valence-corrected chi connectivity index (χ4v) is 7.77. The third-order valence-electron chi connectivity index (χ3n) is 10.8. The highest BCUT2D eigenvalue weighted by molar-refractivity contribution is 6.11. The first kappa shape index (κ1) is 34.4. The van der Waals surface area contributed by atoms with Crippen molar-refractivity contribution in [2.24, 2.45) is 0 Å². The molecule has 268 valence electrons. The molecule has 0 amide bonds. The van der Waals surface area contributed by atoms with Gasteiger partial charge in [-0.1, -0.05) is 163 Å². The monoisotopic (exact) mass is 712 g/mol. The maximum absolute atomic E-state index is 5.10. The third-order valence-corrected chi connectivity index (χ3v) is 10.8. The third kappa shape index (κ3) is 6.18. The molecule has 0 N–H and O–H groups in total. The summed E-state index contributed by atoms with van der Waals surface area (Å²) in [5.74, 6) is 1.95. The van der Waals surface area contributed by atoms with Crippen molar-refractivity contribution in [3.8, 4) is 51.0 Å². The minimum absolute atomic E-state index is 0.0328. The summed E-state index contributed by atoms with van der Waals surface area (Å²) in [5, 5.41) is 4.79. The lowest BCUT2D eigenvalue weighted by molar-refractivity contribution is 0.590. The van der Waals surface area contributed by atoms with Gasteiger partial charge in [0.05, 0.1) is 16.7 Å². The molecule has 0 aliphatic rings. The summed E-state index contributed by atoms with van der Waals surface area (Å²) >= 11 is 0. The van der Waals surface area contributed by atoms with Crippen molar-refractivity contribution in [1.82, 2.24) is 19.5 Å². The molecule has 0 fully saturated rings. The van der Waals surface area contributed by atoms with Gasteiger partial charge in [0, 0.05) is 33.0 Å². The summed E-state index contributed by atoms with van der Waals surface area (Å²) in [6.45, 7) is 13.7. The summed E-state index contributed by atoms with van der Waals surface area (Å²) < 4.78 is 2.46. The zero-order valence-electron chi connectivity index (χ0n) is 32.3.